The van der Waals surface area contributed by atoms with Gasteiger partial charge in [0.05, 0.1) is 0 Å². The van der Waals surface area contributed by atoms with E-state index < -0.39 is 0 Å². The third-order valence-electron chi connectivity index (χ3n) is 6.50. The zero-order valence-corrected chi connectivity index (χ0v) is 14.7. The first-order valence-corrected chi connectivity index (χ1v) is 9.81. The van der Waals surface area contributed by atoms with Crippen molar-refractivity contribution in [2.24, 2.45) is 34.0 Å². The Hall–Kier alpha value is -1.06. The van der Waals surface area contributed by atoms with Gasteiger partial charge in [-0.2, -0.15) is 5.10 Å². The quantitative estimate of drug-likeness (QED) is 0.268. The molecule has 0 saturated heterocycles. The summed E-state index contributed by atoms with van der Waals surface area (Å²) in [5.74, 6) is 2.50. The lowest BCUT2D eigenvalue weighted by atomic mass is 9.47. The van der Waals surface area contributed by atoms with Crippen LogP contribution in [0.4, 0.5) is 0 Å². The van der Waals surface area contributed by atoms with Crippen molar-refractivity contribution in [3.05, 3.63) is 0 Å². The minimum absolute atomic E-state index is 0.0268. The summed E-state index contributed by atoms with van der Waals surface area (Å²) in [6, 6.07) is 0. The van der Waals surface area contributed by atoms with E-state index in [2.05, 4.69) is 17.5 Å². The molecule has 4 aliphatic rings. The van der Waals surface area contributed by atoms with Gasteiger partial charge in [-0.1, -0.05) is 45.4 Å². The second-order valence-electron chi connectivity index (χ2n) is 8.36. The zero-order chi connectivity index (χ0) is 16.3. The molecule has 0 aromatic carbocycles. The highest BCUT2D eigenvalue weighted by Gasteiger charge is 2.54. The van der Waals surface area contributed by atoms with Crippen LogP contribution in [-0.4, -0.2) is 11.7 Å². The van der Waals surface area contributed by atoms with Crippen molar-refractivity contribution in [3.63, 3.8) is 0 Å². The van der Waals surface area contributed by atoms with Crippen LogP contribution in [0.3, 0.4) is 0 Å². The van der Waals surface area contributed by atoms with Gasteiger partial charge < -0.3 is 5.73 Å². The Kier molecular flexibility index (Phi) is 5.27. The number of guanidine groups is 1. The average Bonchev–Trinajstić information content (AvgIpc) is 2.49. The molecule has 4 heteroatoms. The first kappa shape index (κ1) is 16.8. The lowest BCUT2D eigenvalue weighted by Gasteiger charge is -2.57. The third kappa shape index (κ3) is 3.72. The van der Waals surface area contributed by atoms with Crippen LogP contribution in [0.2, 0.25) is 0 Å². The summed E-state index contributed by atoms with van der Waals surface area (Å²) in [6.07, 6.45) is 16.3. The molecule has 4 saturated carbocycles. The molecule has 4 fully saturated rings. The van der Waals surface area contributed by atoms with E-state index in [0.717, 1.165) is 11.8 Å². The molecule has 0 amide bonds. The molecular formula is C19H34N4. The van der Waals surface area contributed by atoms with Crippen LogP contribution < -0.4 is 11.2 Å². The van der Waals surface area contributed by atoms with Crippen molar-refractivity contribution in [3.8, 4) is 0 Å². The van der Waals surface area contributed by atoms with Gasteiger partial charge in [0.15, 0.2) is 0 Å². The van der Waals surface area contributed by atoms with Gasteiger partial charge in [-0.05, 0) is 50.4 Å². The molecule has 0 aliphatic heterocycles. The number of rotatable bonds is 8. The highest BCUT2D eigenvalue weighted by molar-refractivity contribution is 5.95. The fourth-order valence-electron chi connectivity index (χ4n) is 5.86. The van der Waals surface area contributed by atoms with Crippen LogP contribution in [0.25, 0.3) is 0 Å². The molecule has 2 unspecified atom stereocenters. The SMILES string of the molecule is CCCCCCCCC12CC3CC(CC(C3)/C1=N\NC(=N)N)C2. The predicted molar refractivity (Wildman–Crippen MR) is 96.5 cm³/mol. The molecule has 0 heterocycles. The average molecular weight is 319 g/mol. The minimum atomic E-state index is -0.0268. The largest absolute Gasteiger partial charge is 0.369 e. The van der Waals surface area contributed by atoms with Crippen LogP contribution in [-0.2, 0) is 0 Å². The standard InChI is InChI=1S/C19H34N4/c1-2-3-4-5-6-7-8-19-12-14-9-15(13-19)11-16(10-14)17(19)22-23-18(20)21/h14-16H,2-13H2,1H3,(H4,20,21,23)/b22-17+. The van der Waals surface area contributed by atoms with Crippen molar-refractivity contribution >= 4 is 11.7 Å². The number of hydrogen-bond acceptors (Lipinski definition) is 2. The lowest BCUT2D eigenvalue weighted by molar-refractivity contribution is 0.0397. The van der Waals surface area contributed by atoms with Gasteiger partial charge in [0, 0.05) is 17.0 Å². The van der Waals surface area contributed by atoms with Crippen LogP contribution >= 0.6 is 0 Å². The third-order valence-corrected chi connectivity index (χ3v) is 6.50. The van der Waals surface area contributed by atoms with E-state index in [-0.39, 0.29) is 5.96 Å². The number of hydrogen-bond donors (Lipinski definition) is 3. The van der Waals surface area contributed by atoms with E-state index in [9.17, 15) is 0 Å². The fraction of sp³-hybridized carbons (Fsp3) is 0.895. The van der Waals surface area contributed by atoms with E-state index in [0.29, 0.717) is 11.3 Å². The van der Waals surface area contributed by atoms with Gasteiger partial charge in [-0.25, -0.2) is 5.43 Å². The summed E-state index contributed by atoms with van der Waals surface area (Å²) >= 11 is 0. The summed E-state index contributed by atoms with van der Waals surface area (Å²) in [7, 11) is 0. The summed E-state index contributed by atoms with van der Waals surface area (Å²) in [5.41, 5.74) is 9.94. The molecule has 4 bridgehead atoms. The van der Waals surface area contributed by atoms with E-state index in [1.165, 1.54) is 82.8 Å². The molecule has 4 nitrogen and oxygen atoms in total. The van der Waals surface area contributed by atoms with Gasteiger partial charge in [0.1, 0.15) is 0 Å². The van der Waals surface area contributed by atoms with Gasteiger partial charge >= 0.3 is 0 Å². The molecule has 0 aromatic heterocycles. The molecule has 23 heavy (non-hydrogen) atoms. The Balaban J connectivity index is 1.63. The van der Waals surface area contributed by atoms with Crippen molar-refractivity contribution in [1.29, 1.82) is 5.41 Å². The zero-order valence-electron chi connectivity index (χ0n) is 14.7. The van der Waals surface area contributed by atoms with Gasteiger partial charge in [0.2, 0.25) is 5.96 Å². The molecule has 4 aliphatic carbocycles. The Bertz CT molecular complexity index is 442. The first-order valence-electron chi connectivity index (χ1n) is 9.81. The molecule has 4 N–H and O–H groups in total. The Morgan fingerprint density at radius 2 is 1.78 bits per heavy atom. The number of nitrogens with two attached hydrogens (primary N) is 1. The smallest absolute Gasteiger partial charge is 0.206 e. The van der Waals surface area contributed by atoms with Crippen LogP contribution in [0, 0.1) is 28.6 Å². The number of nitrogens with one attached hydrogen (secondary N) is 2. The summed E-state index contributed by atoms with van der Waals surface area (Å²) in [4.78, 5) is 0. The maximum Gasteiger partial charge on any atom is 0.206 e. The second-order valence-corrected chi connectivity index (χ2v) is 8.36. The normalized spacial score (nSPS) is 36.6. The van der Waals surface area contributed by atoms with Gasteiger partial charge in [-0.3, -0.25) is 5.41 Å². The topological polar surface area (TPSA) is 74.3 Å². The second kappa shape index (κ2) is 7.23. The van der Waals surface area contributed by atoms with Crippen molar-refractivity contribution < 1.29 is 0 Å². The van der Waals surface area contributed by atoms with Crippen LogP contribution in [0.5, 0.6) is 0 Å². The molecule has 2 atom stereocenters. The Morgan fingerprint density at radius 1 is 1.13 bits per heavy atom. The molecule has 0 radical (unpaired) electrons. The Morgan fingerprint density at radius 3 is 2.43 bits per heavy atom. The van der Waals surface area contributed by atoms with E-state index in [1.54, 1.807) is 0 Å². The summed E-state index contributed by atoms with van der Waals surface area (Å²) in [6.45, 7) is 2.28. The van der Waals surface area contributed by atoms with E-state index in [4.69, 9.17) is 11.1 Å². The van der Waals surface area contributed by atoms with Crippen molar-refractivity contribution in [1.82, 2.24) is 5.43 Å². The van der Waals surface area contributed by atoms with E-state index in [1.807, 2.05) is 0 Å². The lowest BCUT2D eigenvalue weighted by Crippen LogP contribution is -2.54. The maximum atomic E-state index is 7.42. The fourth-order valence-corrected chi connectivity index (χ4v) is 5.86. The van der Waals surface area contributed by atoms with E-state index >= 15 is 0 Å². The molecule has 0 aromatic rings. The number of hydrazone groups is 1. The van der Waals surface area contributed by atoms with Crippen LogP contribution in [0.15, 0.2) is 5.10 Å². The number of unbranched alkanes of at least 4 members (excludes halogenated alkanes) is 5. The van der Waals surface area contributed by atoms with Gasteiger partial charge in [-0.15, -0.1) is 0 Å². The minimum Gasteiger partial charge on any atom is -0.369 e. The number of nitrogens with zero attached hydrogens (tertiary/aromatic N) is 1. The highest BCUT2D eigenvalue weighted by atomic mass is 15.3. The summed E-state index contributed by atoms with van der Waals surface area (Å²) < 4.78 is 0. The molecule has 4 rings (SSSR count). The summed E-state index contributed by atoms with van der Waals surface area (Å²) in [5, 5.41) is 12.1. The monoisotopic (exact) mass is 318 g/mol. The first-order chi connectivity index (χ1) is 11.1. The Labute approximate surface area is 141 Å². The molecular weight excluding hydrogens is 284 g/mol. The van der Waals surface area contributed by atoms with Crippen molar-refractivity contribution in [2.45, 2.75) is 84.0 Å². The van der Waals surface area contributed by atoms with Gasteiger partial charge in [0.25, 0.3) is 0 Å². The maximum absolute atomic E-state index is 7.42. The van der Waals surface area contributed by atoms with Crippen LogP contribution in [0.1, 0.15) is 84.0 Å². The molecule has 0 spiro atoms. The predicted octanol–water partition coefficient (Wildman–Crippen LogP) is 4.40. The van der Waals surface area contributed by atoms with Crippen molar-refractivity contribution in [2.75, 3.05) is 0 Å². The highest BCUT2D eigenvalue weighted by Crippen LogP contribution is 2.60. The molecule has 130 valence electrons.